The zero-order valence-corrected chi connectivity index (χ0v) is 12.0. The van der Waals surface area contributed by atoms with Gasteiger partial charge in [-0.1, -0.05) is 13.8 Å². The van der Waals surface area contributed by atoms with Crippen LogP contribution in [0.4, 0.5) is 11.4 Å². The number of nitrogens with zero attached hydrogens (tertiary/aromatic N) is 2. The Bertz CT molecular complexity index is 439. The van der Waals surface area contributed by atoms with Crippen molar-refractivity contribution in [2.45, 2.75) is 26.7 Å². The molecule has 0 aliphatic carbocycles. The maximum absolute atomic E-state index is 11.9. The van der Waals surface area contributed by atoms with Gasteiger partial charge in [0, 0.05) is 17.8 Å². The summed E-state index contributed by atoms with van der Waals surface area (Å²) in [4.78, 5) is 24.1. The average molecular weight is 279 g/mol. The largest absolute Gasteiger partial charge is 0.325 e. The molecule has 0 aliphatic rings. The quantitative estimate of drug-likeness (QED) is 0.586. The van der Waals surface area contributed by atoms with Crippen molar-refractivity contribution in [2.24, 2.45) is 0 Å². The summed E-state index contributed by atoms with van der Waals surface area (Å²) in [6.45, 7) is 6.29. The Hall–Kier alpha value is -1.95. The zero-order chi connectivity index (χ0) is 15.0. The topological polar surface area (TPSA) is 75.5 Å². The molecule has 20 heavy (non-hydrogen) atoms. The maximum Gasteiger partial charge on any atom is 0.269 e. The number of amides is 1. The van der Waals surface area contributed by atoms with Crippen LogP contribution in [0, 0.1) is 10.1 Å². The maximum atomic E-state index is 11.9. The first-order valence-electron chi connectivity index (χ1n) is 6.83. The highest BCUT2D eigenvalue weighted by atomic mass is 16.6. The Morgan fingerprint density at radius 3 is 2.20 bits per heavy atom. The second-order valence-corrected chi connectivity index (χ2v) is 4.63. The molecule has 6 heteroatoms. The van der Waals surface area contributed by atoms with E-state index in [9.17, 15) is 14.9 Å². The van der Waals surface area contributed by atoms with Gasteiger partial charge in [-0.2, -0.15) is 0 Å². The third-order valence-electron chi connectivity index (χ3n) is 2.81. The third-order valence-corrected chi connectivity index (χ3v) is 2.81. The molecule has 1 N–H and O–H groups in total. The van der Waals surface area contributed by atoms with Crippen LogP contribution >= 0.6 is 0 Å². The molecule has 0 unspecified atom stereocenters. The lowest BCUT2D eigenvalue weighted by atomic mass is 10.3. The predicted octanol–water partition coefficient (Wildman–Crippen LogP) is 2.66. The van der Waals surface area contributed by atoms with Crippen LogP contribution in [0.25, 0.3) is 0 Å². The van der Waals surface area contributed by atoms with Crippen molar-refractivity contribution in [3.05, 3.63) is 34.4 Å². The molecule has 0 bridgehead atoms. The molecule has 0 atom stereocenters. The fourth-order valence-corrected chi connectivity index (χ4v) is 1.97. The summed E-state index contributed by atoms with van der Waals surface area (Å²) in [5.74, 6) is -0.0965. The van der Waals surface area contributed by atoms with Crippen LogP contribution in [0.2, 0.25) is 0 Å². The minimum atomic E-state index is -0.462. The molecule has 0 spiro atoms. The van der Waals surface area contributed by atoms with Gasteiger partial charge in [0.2, 0.25) is 5.91 Å². The van der Waals surface area contributed by atoms with E-state index in [0.717, 1.165) is 25.9 Å². The van der Waals surface area contributed by atoms with Gasteiger partial charge in [-0.3, -0.25) is 19.8 Å². The van der Waals surface area contributed by atoms with Gasteiger partial charge in [-0.25, -0.2) is 0 Å². The number of benzene rings is 1. The van der Waals surface area contributed by atoms with E-state index in [1.807, 2.05) is 0 Å². The molecule has 0 heterocycles. The summed E-state index contributed by atoms with van der Waals surface area (Å²) in [6, 6.07) is 5.84. The number of nitro groups is 1. The van der Waals surface area contributed by atoms with E-state index in [1.165, 1.54) is 12.1 Å². The van der Waals surface area contributed by atoms with Crippen LogP contribution in [0.1, 0.15) is 26.7 Å². The van der Waals surface area contributed by atoms with Gasteiger partial charge < -0.3 is 5.32 Å². The minimum absolute atomic E-state index is 0.0154. The predicted molar refractivity (Wildman–Crippen MR) is 78.7 cm³/mol. The molecule has 110 valence electrons. The SMILES string of the molecule is CCCN(CCC)CC(=O)Nc1ccc([N+](=O)[O-])cc1. The minimum Gasteiger partial charge on any atom is -0.325 e. The van der Waals surface area contributed by atoms with Crippen LogP contribution in [0.3, 0.4) is 0 Å². The van der Waals surface area contributed by atoms with Gasteiger partial charge in [0.1, 0.15) is 0 Å². The highest BCUT2D eigenvalue weighted by Gasteiger charge is 2.10. The van der Waals surface area contributed by atoms with E-state index in [-0.39, 0.29) is 11.6 Å². The van der Waals surface area contributed by atoms with Gasteiger partial charge in [0.05, 0.1) is 11.5 Å². The smallest absolute Gasteiger partial charge is 0.269 e. The van der Waals surface area contributed by atoms with E-state index < -0.39 is 4.92 Å². The number of non-ortho nitro benzene ring substituents is 1. The Morgan fingerprint density at radius 2 is 1.75 bits per heavy atom. The number of nitrogens with one attached hydrogen (secondary N) is 1. The monoisotopic (exact) mass is 279 g/mol. The zero-order valence-electron chi connectivity index (χ0n) is 12.0. The molecule has 6 nitrogen and oxygen atoms in total. The van der Waals surface area contributed by atoms with Gasteiger partial charge >= 0.3 is 0 Å². The summed E-state index contributed by atoms with van der Waals surface area (Å²) < 4.78 is 0. The van der Waals surface area contributed by atoms with Gasteiger partial charge in [-0.05, 0) is 38.1 Å². The fraction of sp³-hybridized carbons (Fsp3) is 0.500. The first kappa shape index (κ1) is 16.1. The molecule has 0 radical (unpaired) electrons. The first-order chi connectivity index (χ1) is 9.56. The lowest BCUT2D eigenvalue weighted by Crippen LogP contribution is -2.34. The summed E-state index contributed by atoms with van der Waals surface area (Å²) in [5, 5.41) is 13.3. The van der Waals surface area contributed by atoms with Crippen LogP contribution in [0.5, 0.6) is 0 Å². The molecule has 0 saturated heterocycles. The van der Waals surface area contributed by atoms with Crippen LogP contribution in [0.15, 0.2) is 24.3 Å². The molecule has 0 aliphatic heterocycles. The van der Waals surface area contributed by atoms with Crippen molar-refractivity contribution in [3.8, 4) is 0 Å². The van der Waals surface area contributed by atoms with Crippen molar-refractivity contribution < 1.29 is 9.72 Å². The van der Waals surface area contributed by atoms with E-state index in [2.05, 4.69) is 24.1 Å². The molecule has 1 amide bonds. The first-order valence-corrected chi connectivity index (χ1v) is 6.83. The number of carbonyl (C=O) groups excluding carboxylic acids is 1. The second kappa shape index (κ2) is 8.27. The Labute approximate surface area is 118 Å². The molecular formula is C14H21N3O3. The molecule has 1 aromatic rings. The number of carbonyl (C=O) groups is 1. The summed E-state index contributed by atoms with van der Waals surface area (Å²) >= 11 is 0. The van der Waals surface area contributed by atoms with Crippen molar-refractivity contribution in [3.63, 3.8) is 0 Å². The van der Waals surface area contributed by atoms with E-state index >= 15 is 0 Å². The van der Waals surface area contributed by atoms with Crippen molar-refractivity contribution in [1.82, 2.24) is 4.90 Å². The molecule has 1 rings (SSSR count). The number of rotatable bonds is 8. The highest BCUT2D eigenvalue weighted by molar-refractivity contribution is 5.92. The average Bonchev–Trinajstić information content (AvgIpc) is 2.39. The van der Waals surface area contributed by atoms with E-state index in [4.69, 9.17) is 0 Å². The number of hydrogen-bond donors (Lipinski definition) is 1. The van der Waals surface area contributed by atoms with E-state index in [0.29, 0.717) is 12.2 Å². The van der Waals surface area contributed by atoms with Crippen LogP contribution in [-0.4, -0.2) is 35.4 Å². The summed E-state index contributed by atoms with van der Waals surface area (Å²) in [6.07, 6.45) is 2.01. The molecule has 1 aromatic carbocycles. The Kier molecular flexibility index (Phi) is 6.66. The lowest BCUT2D eigenvalue weighted by Gasteiger charge is -2.20. The Morgan fingerprint density at radius 1 is 1.20 bits per heavy atom. The number of hydrogen-bond acceptors (Lipinski definition) is 4. The summed E-state index contributed by atoms with van der Waals surface area (Å²) in [7, 11) is 0. The molecule has 0 fully saturated rings. The van der Waals surface area contributed by atoms with Crippen molar-refractivity contribution in [2.75, 3.05) is 25.0 Å². The van der Waals surface area contributed by atoms with Crippen molar-refractivity contribution in [1.29, 1.82) is 0 Å². The van der Waals surface area contributed by atoms with Gasteiger partial charge in [-0.15, -0.1) is 0 Å². The highest BCUT2D eigenvalue weighted by Crippen LogP contribution is 2.15. The second-order valence-electron chi connectivity index (χ2n) is 4.63. The fourth-order valence-electron chi connectivity index (χ4n) is 1.97. The lowest BCUT2D eigenvalue weighted by molar-refractivity contribution is -0.384. The standard InChI is InChI=1S/C14H21N3O3/c1-3-9-16(10-4-2)11-14(18)15-12-5-7-13(8-6-12)17(19)20/h5-8H,3-4,9-11H2,1-2H3,(H,15,18). The molecular weight excluding hydrogens is 258 g/mol. The third kappa shape index (κ3) is 5.36. The van der Waals surface area contributed by atoms with E-state index in [1.54, 1.807) is 12.1 Å². The normalized spacial score (nSPS) is 10.6. The molecule has 0 aromatic heterocycles. The molecule has 0 saturated carbocycles. The van der Waals surface area contributed by atoms with Crippen LogP contribution < -0.4 is 5.32 Å². The number of anilines is 1. The number of nitro benzene ring substituents is 1. The Balaban J connectivity index is 2.54. The van der Waals surface area contributed by atoms with Crippen molar-refractivity contribution >= 4 is 17.3 Å². The van der Waals surface area contributed by atoms with Gasteiger partial charge in [0.25, 0.3) is 5.69 Å². The van der Waals surface area contributed by atoms with Crippen LogP contribution in [-0.2, 0) is 4.79 Å². The summed E-state index contributed by atoms with van der Waals surface area (Å²) in [5.41, 5.74) is 0.593. The van der Waals surface area contributed by atoms with Gasteiger partial charge in [0.15, 0.2) is 0 Å².